The first-order valence-electron chi connectivity index (χ1n) is 7.04. The maximum absolute atomic E-state index is 11.7. The van der Waals surface area contributed by atoms with Crippen LogP contribution in [-0.4, -0.2) is 24.0 Å². The van der Waals surface area contributed by atoms with Crippen molar-refractivity contribution in [2.45, 2.75) is 26.2 Å². The Bertz CT molecular complexity index is 567. The number of carbonyl (C=O) groups excluding carboxylic acids is 1. The molecule has 1 aromatic heterocycles. The molecule has 0 aliphatic carbocycles. The maximum Gasteiger partial charge on any atom is 0.257 e. The first-order valence-corrected chi connectivity index (χ1v) is 7.92. The molecule has 0 spiro atoms. The van der Waals surface area contributed by atoms with Crippen molar-refractivity contribution < 1.29 is 9.53 Å². The molecular weight excluding hydrogens is 284 g/mol. The van der Waals surface area contributed by atoms with E-state index >= 15 is 0 Å². The lowest BCUT2D eigenvalue weighted by Gasteiger charge is -2.06. The summed E-state index contributed by atoms with van der Waals surface area (Å²) in [5.74, 6) is 1.04. The van der Waals surface area contributed by atoms with Gasteiger partial charge in [-0.25, -0.2) is 4.98 Å². The van der Waals surface area contributed by atoms with Gasteiger partial charge in [-0.05, 0) is 18.1 Å². The molecule has 1 amide bonds. The fourth-order valence-corrected chi connectivity index (χ4v) is 2.69. The van der Waals surface area contributed by atoms with E-state index in [9.17, 15) is 4.79 Å². The van der Waals surface area contributed by atoms with Gasteiger partial charge in [0.05, 0.1) is 10.7 Å². The van der Waals surface area contributed by atoms with Crippen molar-refractivity contribution in [1.29, 1.82) is 0 Å². The van der Waals surface area contributed by atoms with Crippen LogP contribution in [0.3, 0.4) is 0 Å². The molecule has 0 aliphatic rings. The Kier molecular flexibility index (Phi) is 5.75. The van der Waals surface area contributed by atoms with E-state index in [1.54, 1.807) is 11.3 Å². The summed E-state index contributed by atoms with van der Waals surface area (Å²) < 4.78 is 5.38. The topological polar surface area (TPSA) is 51.2 Å². The third kappa shape index (κ3) is 5.19. The molecule has 1 aromatic carbocycles. The van der Waals surface area contributed by atoms with Gasteiger partial charge in [0.1, 0.15) is 5.75 Å². The zero-order chi connectivity index (χ0) is 15.1. The number of benzene rings is 1. The van der Waals surface area contributed by atoms with Gasteiger partial charge in [-0.15, -0.1) is 11.3 Å². The average Bonchev–Trinajstić information content (AvgIpc) is 2.95. The van der Waals surface area contributed by atoms with E-state index in [4.69, 9.17) is 4.74 Å². The van der Waals surface area contributed by atoms with E-state index in [-0.39, 0.29) is 12.5 Å². The molecule has 0 fully saturated rings. The molecule has 0 bridgehead atoms. The number of para-hydroxylation sites is 1. The quantitative estimate of drug-likeness (QED) is 0.855. The lowest BCUT2D eigenvalue weighted by molar-refractivity contribution is -0.123. The number of nitrogens with one attached hydrogen (secondary N) is 1. The van der Waals surface area contributed by atoms with Crippen molar-refractivity contribution in [3.63, 3.8) is 0 Å². The highest BCUT2D eigenvalue weighted by Crippen LogP contribution is 2.17. The third-order valence-corrected chi connectivity index (χ3v) is 3.86. The van der Waals surface area contributed by atoms with Gasteiger partial charge in [0, 0.05) is 18.3 Å². The van der Waals surface area contributed by atoms with Gasteiger partial charge in [-0.3, -0.25) is 4.79 Å². The monoisotopic (exact) mass is 304 g/mol. The van der Waals surface area contributed by atoms with Crippen LogP contribution in [0, 0.1) is 0 Å². The third-order valence-electron chi connectivity index (χ3n) is 2.94. The van der Waals surface area contributed by atoms with Gasteiger partial charge in [-0.1, -0.05) is 32.0 Å². The van der Waals surface area contributed by atoms with E-state index in [1.807, 2.05) is 30.3 Å². The highest BCUT2D eigenvalue weighted by atomic mass is 32.1. The minimum Gasteiger partial charge on any atom is -0.484 e. The molecule has 2 rings (SSSR count). The van der Waals surface area contributed by atoms with Crippen LogP contribution >= 0.6 is 11.3 Å². The number of nitrogens with zero attached hydrogens (tertiary/aromatic N) is 1. The molecule has 112 valence electrons. The summed E-state index contributed by atoms with van der Waals surface area (Å²) in [6.07, 6.45) is 0.758. The molecule has 0 atom stereocenters. The van der Waals surface area contributed by atoms with E-state index in [0.717, 1.165) is 17.1 Å². The van der Waals surface area contributed by atoms with E-state index in [1.165, 1.54) is 0 Å². The summed E-state index contributed by atoms with van der Waals surface area (Å²) in [7, 11) is 0. The molecule has 4 nitrogen and oxygen atoms in total. The lowest BCUT2D eigenvalue weighted by atomic mass is 10.2. The van der Waals surface area contributed by atoms with Crippen molar-refractivity contribution in [3.05, 3.63) is 46.4 Å². The predicted octanol–water partition coefficient (Wildman–Crippen LogP) is 3.00. The van der Waals surface area contributed by atoms with Crippen molar-refractivity contribution in [2.75, 3.05) is 13.2 Å². The zero-order valence-corrected chi connectivity index (χ0v) is 13.2. The normalized spacial score (nSPS) is 10.6. The maximum atomic E-state index is 11.7. The molecule has 5 heteroatoms. The summed E-state index contributed by atoms with van der Waals surface area (Å²) in [5, 5.41) is 5.98. The van der Waals surface area contributed by atoms with Crippen LogP contribution in [0.25, 0.3) is 0 Å². The summed E-state index contributed by atoms with van der Waals surface area (Å²) in [6.45, 7) is 4.88. The fraction of sp³-hybridized carbons (Fsp3) is 0.375. The Morgan fingerprint density at radius 2 is 2.10 bits per heavy atom. The van der Waals surface area contributed by atoms with Crippen molar-refractivity contribution >= 4 is 17.2 Å². The van der Waals surface area contributed by atoms with Crippen LogP contribution in [0.4, 0.5) is 0 Å². The number of carbonyl (C=O) groups is 1. The molecule has 21 heavy (non-hydrogen) atoms. The summed E-state index contributed by atoms with van der Waals surface area (Å²) in [6, 6.07) is 9.32. The van der Waals surface area contributed by atoms with Crippen LogP contribution < -0.4 is 10.1 Å². The second-order valence-corrected chi connectivity index (χ2v) is 5.97. The first-order chi connectivity index (χ1) is 10.1. The largest absolute Gasteiger partial charge is 0.484 e. The van der Waals surface area contributed by atoms with E-state index < -0.39 is 0 Å². The van der Waals surface area contributed by atoms with Gasteiger partial charge in [0.15, 0.2) is 6.61 Å². The van der Waals surface area contributed by atoms with Gasteiger partial charge < -0.3 is 10.1 Å². The van der Waals surface area contributed by atoms with Crippen LogP contribution in [0.15, 0.2) is 35.7 Å². The second kappa shape index (κ2) is 7.78. The highest BCUT2D eigenvalue weighted by molar-refractivity contribution is 7.09. The predicted molar refractivity (Wildman–Crippen MR) is 84.9 cm³/mol. The number of thiazole rings is 1. The second-order valence-electron chi connectivity index (χ2n) is 5.02. The number of amides is 1. The van der Waals surface area contributed by atoms with Crippen LogP contribution in [0.5, 0.6) is 5.75 Å². The smallest absolute Gasteiger partial charge is 0.257 e. The van der Waals surface area contributed by atoms with Crippen molar-refractivity contribution in [2.24, 2.45) is 0 Å². The van der Waals surface area contributed by atoms with Crippen molar-refractivity contribution in [1.82, 2.24) is 10.3 Å². The average molecular weight is 304 g/mol. The number of rotatable bonds is 7. The number of hydrogen-bond donors (Lipinski definition) is 1. The Morgan fingerprint density at radius 3 is 2.76 bits per heavy atom. The molecule has 2 aromatic rings. The summed E-state index contributed by atoms with van der Waals surface area (Å²) in [5.41, 5.74) is 1.12. The molecular formula is C16H20N2O2S. The standard InChI is InChI=1S/C16H20N2O2S/c1-12(2)14-11-21-16(18-14)8-9-17-15(19)10-20-13-6-4-3-5-7-13/h3-7,11-12H,8-10H2,1-2H3,(H,17,19). The molecule has 0 radical (unpaired) electrons. The van der Waals surface area contributed by atoms with Gasteiger partial charge in [0.25, 0.3) is 5.91 Å². The molecule has 1 heterocycles. The lowest BCUT2D eigenvalue weighted by Crippen LogP contribution is -2.30. The highest BCUT2D eigenvalue weighted by Gasteiger charge is 2.06. The Labute approximate surface area is 129 Å². The van der Waals surface area contributed by atoms with Crippen LogP contribution in [0.1, 0.15) is 30.5 Å². The Morgan fingerprint density at radius 1 is 1.33 bits per heavy atom. The molecule has 1 N–H and O–H groups in total. The minimum absolute atomic E-state index is 0.0408. The molecule has 0 saturated carbocycles. The Balaban J connectivity index is 1.67. The SMILES string of the molecule is CC(C)c1csc(CCNC(=O)COc2ccccc2)n1. The van der Waals surface area contributed by atoms with Gasteiger partial charge >= 0.3 is 0 Å². The van der Waals surface area contributed by atoms with Crippen LogP contribution in [-0.2, 0) is 11.2 Å². The molecule has 0 aliphatic heterocycles. The van der Waals surface area contributed by atoms with E-state index in [0.29, 0.717) is 18.2 Å². The summed E-state index contributed by atoms with van der Waals surface area (Å²) in [4.78, 5) is 16.2. The first kappa shape index (κ1) is 15.5. The Hall–Kier alpha value is -1.88. The fourth-order valence-electron chi connectivity index (χ4n) is 1.73. The van der Waals surface area contributed by atoms with E-state index in [2.05, 4.69) is 29.5 Å². The minimum atomic E-state index is -0.112. The van der Waals surface area contributed by atoms with Crippen LogP contribution in [0.2, 0.25) is 0 Å². The number of ether oxygens (including phenoxy) is 1. The van der Waals surface area contributed by atoms with Crippen molar-refractivity contribution in [3.8, 4) is 5.75 Å². The molecule has 0 saturated heterocycles. The molecule has 0 unspecified atom stereocenters. The van der Waals surface area contributed by atoms with Gasteiger partial charge in [0.2, 0.25) is 0 Å². The van der Waals surface area contributed by atoms with Gasteiger partial charge in [-0.2, -0.15) is 0 Å². The summed E-state index contributed by atoms with van der Waals surface area (Å²) >= 11 is 1.65. The number of hydrogen-bond acceptors (Lipinski definition) is 4. The number of aromatic nitrogens is 1. The zero-order valence-electron chi connectivity index (χ0n) is 12.3.